The number of hydrogen-bond donors (Lipinski definition) is 1. The van der Waals surface area contributed by atoms with E-state index < -0.39 is 0 Å². The fourth-order valence-corrected chi connectivity index (χ4v) is 2.73. The predicted molar refractivity (Wildman–Crippen MR) is 76.2 cm³/mol. The van der Waals surface area contributed by atoms with Gasteiger partial charge in [-0.2, -0.15) is 0 Å². The summed E-state index contributed by atoms with van der Waals surface area (Å²) in [4.78, 5) is 4.49. The van der Waals surface area contributed by atoms with Gasteiger partial charge in [-0.15, -0.1) is 0 Å². The van der Waals surface area contributed by atoms with Crippen LogP contribution in [0.3, 0.4) is 0 Å². The summed E-state index contributed by atoms with van der Waals surface area (Å²) in [7, 11) is 1.97. The number of halogens is 1. The number of nitrogens with one attached hydrogen (secondary N) is 1. The average Bonchev–Trinajstić information content (AvgIpc) is 2.76. The van der Waals surface area contributed by atoms with Crippen molar-refractivity contribution in [1.29, 1.82) is 0 Å². The maximum absolute atomic E-state index is 13.2. The third kappa shape index (κ3) is 2.83. The van der Waals surface area contributed by atoms with Crippen LogP contribution < -0.4 is 5.32 Å². The highest BCUT2D eigenvalue weighted by Gasteiger charge is 2.14. The molecule has 1 aromatic heterocycles. The lowest BCUT2D eigenvalue weighted by Crippen LogP contribution is -2.32. The minimum Gasteiger partial charge on any atom is -0.378 e. The number of rotatable bonds is 4. The lowest BCUT2D eigenvalue weighted by molar-refractivity contribution is 0.0340. The number of nitrogens with zero attached hydrogens (tertiary/aromatic N) is 2. The minimum absolute atomic E-state index is 0.242. The van der Waals surface area contributed by atoms with Crippen LogP contribution in [0.1, 0.15) is 18.7 Å². The van der Waals surface area contributed by atoms with E-state index >= 15 is 0 Å². The monoisotopic (exact) mass is 277 g/mol. The third-order valence-electron chi connectivity index (χ3n) is 3.90. The van der Waals surface area contributed by atoms with Crippen molar-refractivity contribution >= 4 is 11.0 Å². The van der Waals surface area contributed by atoms with Crippen molar-refractivity contribution in [3.63, 3.8) is 0 Å². The molecular weight excluding hydrogens is 257 g/mol. The fraction of sp³-hybridized carbons (Fsp3) is 0.533. The maximum Gasteiger partial charge on any atom is 0.125 e. The van der Waals surface area contributed by atoms with E-state index in [0.29, 0.717) is 18.2 Å². The molecule has 1 aromatic carbocycles. The molecule has 0 spiro atoms. The van der Waals surface area contributed by atoms with Gasteiger partial charge < -0.3 is 14.6 Å². The molecule has 0 bridgehead atoms. The zero-order chi connectivity index (χ0) is 13.9. The van der Waals surface area contributed by atoms with Crippen LogP contribution in [0.15, 0.2) is 18.2 Å². The first kappa shape index (κ1) is 13.5. The Balaban J connectivity index is 1.63. The highest BCUT2D eigenvalue weighted by Crippen LogP contribution is 2.17. The summed E-state index contributed by atoms with van der Waals surface area (Å²) in [6.45, 7) is 2.75. The van der Waals surface area contributed by atoms with E-state index in [0.717, 1.165) is 43.7 Å². The molecule has 108 valence electrons. The number of imidazole rings is 1. The van der Waals surface area contributed by atoms with Crippen molar-refractivity contribution in [2.75, 3.05) is 19.7 Å². The third-order valence-corrected chi connectivity index (χ3v) is 3.90. The van der Waals surface area contributed by atoms with Crippen LogP contribution in [0.2, 0.25) is 0 Å². The van der Waals surface area contributed by atoms with Crippen LogP contribution in [0.4, 0.5) is 4.39 Å². The molecule has 0 atom stereocenters. The molecule has 0 saturated carbocycles. The first-order chi connectivity index (χ1) is 9.74. The molecule has 2 aromatic rings. The van der Waals surface area contributed by atoms with E-state index in [9.17, 15) is 4.39 Å². The molecule has 1 aliphatic heterocycles. The Hall–Kier alpha value is -1.46. The second-order valence-electron chi connectivity index (χ2n) is 5.29. The summed E-state index contributed by atoms with van der Waals surface area (Å²) >= 11 is 0. The zero-order valence-electron chi connectivity index (χ0n) is 11.7. The molecule has 1 saturated heterocycles. The van der Waals surface area contributed by atoms with Crippen LogP contribution in [0, 0.1) is 5.82 Å². The van der Waals surface area contributed by atoms with E-state index in [1.165, 1.54) is 12.1 Å². The fourth-order valence-electron chi connectivity index (χ4n) is 2.73. The number of ether oxygens (including phenoxy) is 1. The predicted octanol–water partition coefficient (Wildman–Crippen LogP) is 2.02. The first-order valence-electron chi connectivity index (χ1n) is 7.17. The summed E-state index contributed by atoms with van der Waals surface area (Å²) < 4.78 is 21.1. The van der Waals surface area contributed by atoms with Crippen molar-refractivity contribution < 1.29 is 9.13 Å². The largest absolute Gasteiger partial charge is 0.378 e. The summed E-state index contributed by atoms with van der Waals surface area (Å²) in [5.74, 6) is 0.702. The van der Waals surface area contributed by atoms with Gasteiger partial charge in [0.1, 0.15) is 11.6 Å². The number of hydrogen-bond acceptors (Lipinski definition) is 3. The summed E-state index contributed by atoms with van der Waals surface area (Å²) in [6.07, 6.45) is 3.28. The SMILES string of the molecule is Cn1c(CCOC2CCNCC2)nc2cc(F)ccc21. The molecule has 1 fully saturated rings. The van der Waals surface area contributed by atoms with E-state index in [1.807, 2.05) is 11.6 Å². The molecule has 3 rings (SSSR count). The summed E-state index contributed by atoms with van der Waals surface area (Å²) in [5.41, 5.74) is 1.67. The number of aryl methyl sites for hydroxylation is 1. The van der Waals surface area contributed by atoms with E-state index in [1.54, 1.807) is 6.07 Å². The minimum atomic E-state index is -0.242. The van der Waals surface area contributed by atoms with Crippen molar-refractivity contribution in [2.45, 2.75) is 25.4 Å². The van der Waals surface area contributed by atoms with E-state index in [4.69, 9.17) is 4.74 Å². The normalized spacial score (nSPS) is 16.9. The topological polar surface area (TPSA) is 39.1 Å². The van der Waals surface area contributed by atoms with Gasteiger partial charge >= 0.3 is 0 Å². The maximum atomic E-state index is 13.2. The van der Waals surface area contributed by atoms with Gasteiger partial charge in [-0.05, 0) is 38.1 Å². The highest BCUT2D eigenvalue weighted by atomic mass is 19.1. The Morgan fingerprint density at radius 2 is 2.20 bits per heavy atom. The molecule has 0 aliphatic carbocycles. The number of benzene rings is 1. The number of aromatic nitrogens is 2. The van der Waals surface area contributed by atoms with Gasteiger partial charge in [-0.1, -0.05) is 0 Å². The number of fused-ring (bicyclic) bond motifs is 1. The summed E-state index contributed by atoms with van der Waals surface area (Å²) in [5, 5.41) is 3.32. The Morgan fingerprint density at radius 3 is 3.00 bits per heavy atom. The molecule has 1 N–H and O–H groups in total. The average molecular weight is 277 g/mol. The standard InChI is InChI=1S/C15H20FN3O/c1-19-14-3-2-11(16)10-13(14)18-15(19)6-9-20-12-4-7-17-8-5-12/h2-3,10,12,17H,4-9H2,1H3. The Kier molecular flexibility index (Phi) is 3.98. The van der Waals surface area contributed by atoms with Crippen LogP contribution in [-0.2, 0) is 18.2 Å². The van der Waals surface area contributed by atoms with Gasteiger partial charge in [0.05, 0.1) is 23.7 Å². The van der Waals surface area contributed by atoms with Gasteiger partial charge in [-0.25, -0.2) is 9.37 Å². The quantitative estimate of drug-likeness (QED) is 0.929. The van der Waals surface area contributed by atoms with Crippen molar-refractivity contribution in [1.82, 2.24) is 14.9 Å². The second-order valence-corrected chi connectivity index (χ2v) is 5.29. The van der Waals surface area contributed by atoms with Crippen LogP contribution in [0.25, 0.3) is 11.0 Å². The molecule has 20 heavy (non-hydrogen) atoms. The molecule has 1 aliphatic rings. The van der Waals surface area contributed by atoms with Crippen molar-refractivity contribution in [2.24, 2.45) is 7.05 Å². The molecule has 0 amide bonds. The van der Waals surface area contributed by atoms with E-state index in [-0.39, 0.29) is 5.82 Å². The lowest BCUT2D eigenvalue weighted by Gasteiger charge is -2.22. The van der Waals surface area contributed by atoms with Crippen LogP contribution in [0.5, 0.6) is 0 Å². The molecule has 5 heteroatoms. The Labute approximate surface area is 117 Å². The molecule has 0 unspecified atom stereocenters. The zero-order valence-corrected chi connectivity index (χ0v) is 11.7. The molecule has 2 heterocycles. The Morgan fingerprint density at radius 1 is 1.40 bits per heavy atom. The van der Waals surface area contributed by atoms with Gasteiger partial charge in [0.2, 0.25) is 0 Å². The first-order valence-corrected chi connectivity index (χ1v) is 7.17. The van der Waals surface area contributed by atoms with Gasteiger partial charge in [-0.3, -0.25) is 0 Å². The van der Waals surface area contributed by atoms with Gasteiger partial charge in [0.15, 0.2) is 0 Å². The Bertz CT molecular complexity index is 590. The van der Waals surface area contributed by atoms with Crippen LogP contribution in [-0.4, -0.2) is 35.4 Å². The van der Waals surface area contributed by atoms with Crippen molar-refractivity contribution in [3.05, 3.63) is 29.8 Å². The summed E-state index contributed by atoms with van der Waals surface area (Å²) in [6, 6.07) is 4.72. The molecule has 0 radical (unpaired) electrons. The second kappa shape index (κ2) is 5.89. The van der Waals surface area contributed by atoms with Gasteiger partial charge in [0, 0.05) is 19.5 Å². The smallest absolute Gasteiger partial charge is 0.125 e. The lowest BCUT2D eigenvalue weighted by atomic mass is 10.1. The van der Waals surface area contributed by atoms with Gasteiger partial charge in [0.25, 0.3) is 0 Å². The highest BCUT2D eigenvalue weighted by molar-refractivity contribution is 5.75. The molecular formula is C15H20FN3O. The van der Waals surface area contributed by atoms with E-state index in [2.05, 4.69) is 10.3 Å². The molecule has 4 nitrogen and oxygen atoms in total. The van der Waals surface area contributed by atoms with Crippen molar-refractivity contribution in [3.8, 4) is 0 Å². The van der Waals surface area contributed by atoms with Crippen LogP contribution >= 0.6 is 0 Å². The number of piperidine rings is 1.